The molecule has 0 radical (unpaired) electrons. The standard InChI is InChI=1S/C18H25NO6S/c1-6-26(22,23)15-14(12-7-9-13(24-5)10-8-12)18(15,11-20)19-16(21)25-17(2,3)4/h7-11,14-15H,6H2,1-5H3,(H,19,21)/t14-,15-,18-/m1/s1. The van der Waals surface area contributed by atoms with Crippen LogP contribution in [-0.4, -0.2) is 50.0 Å². The zero-order valence-corrected chi connectivity index (χ0v) is 16.4. The van der Waals surface area contributed by atoms with Crippen molar-refractivity contribution in [1.29, 1.82) is 0 Å². The highest BCUT2D eigenvalue weighted by atomic mass is 32.2. The molecule has 0 aromatic heterocycles. The van der Waals surface area contributed by atoms with E-state index in [1.54, 1.807) is 45.0 Å². The Bertz CT molecular complexity index is 781. The maximum Gasteiger partial charge on any atom is 0.408 e. The van der Waals surface area contributed by atoms with Crippen molar-refractivity contribution in [3.63, 3.8) is 0 Å². The monoisotopic (exact) mass is 383 g/mol. The number of sulfone groups is 1. The minimum Gasteiger partial charge on any atom is -0.497 e. The van der Waals surface area contributed by atoms with Gasteiger partial charge in [-0.15, -0.1) is 0 Å². The van der Waals surface area contributed by atoms with E-state index in [0.29, 0.717) is 17.6 Å². The highest BCUT2D eigenvalue weighted by Crippen LogP contribution is 2.55. The van der Waals surface area contributed by atoms with E-state index in [0.717, 1.165) is 0 Å². The van der Waals surface area contributed by atoms with Crippen LogP contribution in [0.25, 0.3) is 0 Å². The number of alkyl carbamates (subject to hydrolysis) is 1. The van der Waals surface area contributed by atoms with E-state index in [4.69, 9.17) is 9.47 Å². The molecule has 1 N–H and O–H groups in total. The second kappa shape index (κ2) is 6.90. The van der Waals surface area contributed by atoms with E-state index in [1.807, 2.05) is 0 Å². The first-order chi connectivity index (χ1) is 12.0. The summed E-state index contributed by atoms with van der Waals surface area (Å²) in [5, 5.41) is 1.47. The number of rotatable bonds is 6. The van der Waals surface area contributed by atoms with Gasteiger partial charge in [0.1, 0.15) is 28.4 Å². The third-order valence-corrected chi connectivity index (χ3v) is 6.60. The molecule has 1 aliphatic carbocycles. The van der Waals surface area contributed by atoms with Crippen molar-refractivity contribution in [3.05, 3.63) is 29.8 Å². The van der Waals surface area contributed by atoms with Gasteiger partial charge < -0.3 is 19.6 Å². The van der Waals surface area contributed by atoms with Gasteiger partial charge in [-0.05, 0) is 38.5 Å². The highest BCUT2D eigenvalue weighted by molar-refractivity contribution is 7.92. The molecule has 26 heavy (non-hydrogen) atoms. The molecule has 144 valence electrons. The van der Waals surface area contributed by atoms with Crippen LogP contribution in [0.5, 0.6) is 5.75 Å². The van der Waals surface area contributed by atoms with Gasteiger partial charge in [-0.3, -0.25) is 0 Å². The number of carbonyl (C=O) groups is 2. The first kappa shape index (κ1) is 20.2. The van der Waals surface area contributed by atoms with E-state index in [-0.39, 0.29) is 5.75 Å². The molecule has 0 unspecified atom stereocenters. The molecular weight excluding hydrogens is 358 g/mol. The van der Waals surface area contributed by atoms with Gasteiger partial charge in [0.2, 0.25) is 0 Å². The molecule has 0 aliphatic heterocycles. The summed E-state index contributed by atoms with van der Waals surface area (Å²) in [5.74, 6) is -0.194. The fraction of sp³-hybridized carbons (Fsp3) is 0.556. The van der Waals surface area contributed by atoms with E-state index in [2.05, 4.69) is 5.32 Å². The van der Waals surface area contributed by atoms with Gasteiger partial charge in [-0.25, -0.2) is 13.2 Å². The Labute approximate surface area is 154 Å². The van der Waals surface area contributed by atoms with Crippen molar-refractivity contribution < 1.29 is 27.5 Å². The van der Waals surface area contributed by atoms with Crippen LogP contribution in [0.15, 0.2) is 24.3 Å². The summed E-state index contributed by atoms with van der Waals surface area (Å²) >= 11 is 0. The quantitative estimate of drug-likeness (QED) is 0.755. The van der Waals surface area contributed by atoms with Crippen LogP contribution in [0.3, 0.4) is 0 Å². The molecule has 8 heteroatoms. The molecule has 0 bridgehead atoms. The Balaban J connectivity index is 2.39. The number of aldehydes is 1. The van der Waals surface area contributed by atoms with E-state index < -0.39 is 38.2 Å². The van der Waals surface area contributed by atoms with Gasteiger partial charge in [-0.2, -0.15) is 0 Å². The first-order valence-electron chi connectivity index (χ1n) is 8.33. The van der Waals surface area contributed by atoms with Gasteiger partial charge in [0.25, 0.3) is 0 Å². The minimum atomic E-state index is -3.58. The van der Waals surface area contributed by atoms with Crippen LogP contribution in [0.4, 0.5) is 4.79 Å². The zero-order chi connectivity index (χ0) is 19.8. The number of amides is 1. The van der Waals surface area contributed by atoms with Crippen LogP contribution in [0, 0.1) is 0 Å². The van der Waals surface area contributed by atoms with Crippen LogP contribution < -0.4 is 10.1 Å². The zero-order valence-electron chi connectivity index (χ0n) is 15.6. The second-order valence-corrected chi connectivity index (χ2v) is 9.71. The fourth-order valence-corrected chi connectivity index (χ4v) is 5.05. The smallest absolute Gasteiger partial charge is 0.408 e. The number of hydrogen-bond acceptors (Lipinski definition) is 6. The lowest BCUT2D eigenvalue weighted by molar-refractivity contribution is -0.110. The first-order valence-corrected chi connectivity index (χ1v) is 10.1. The largest absolute Gasteiger partial charge is 0.497 e. The highest BCUT2D eigenvalue weighted by Gasteiger charge is 2.72. The average Bonchev–Trinajstić information content (AvgIpc) is 3.22. The molecule has 2 rings (SSSR count). The van der Waals surface area contributed by atoms with Gasteiger partial charge in [0.15, 0.2) is 9.84 Å². The molecule has 1 fully saturated rings. The number of ether oxygens (including phenoxy) is 2. The van der Waals surface area contributed by atoms with Crippen LogP contribution in [-0.2, 0) is 19.4 Å². The Morgan fingerprint density at radius 1 is 1.27 bits per heavy atom. The predicted molar refractivity (Wildman–Crippen MR) is 97.1 cm³/mol. The van der Waals surface area contributed by atoms with Crippen LogP contribution >= 0.6 is 0 Å². The maximum atomic E-state index is 12.5. The molecular formula is C18H25NO6S. The van der Waals surface area contributed by atoms with Gasteiger partial charge >= 0.3 is 6.09 Å². The molecule has 7 nitrogen and oxygen atoms in total. The lowest BCUT2D eigenvalue weighted by atomic mass is 10.1. The number of nitrogens with one attached hydrogen (secondary N) is 1. The van der Waals surface area contributed by atoms with Crippen molar-refractivity contribution in [3.8, 4) is 5.75 Å². The summed E-state index contributed by atoms with van der Waals surface area (Å²) in [4.78, 5) is 24.1. The van der Waals surface area contributed by atoms with E-state index >= 15 is 0 Å². The minimum absolute atomic E-state index is 0.129. The van der Waals surface area contributed by atoms with E-state index in [1.165, 1.54) is 14.0 Å². The molecule has 1 aliphatic rings. The number of carbonyl (C=O) groups excluding carboxylic acids is 2. The van der Waals surface area contributed by atoms with Crippen molar-refractivity contribution in [2.24, 2.45) is 0 Å². The summed E-state index contributed by atoms with van der Waals surface area (Å²) < 4.78 is 35.4. The summed E-state index contributed by atoms with van der Waals surface area (Å²) in [6, 6.07) is 6.77. The number of benzene rings is 1. The van der Waals surface area contributed by atoms with Crippen LogP contribution in [0.1, 0.15) is 39.2 Å². The van der Waals surface area contributed by atoms with Crippen molar-refractivity contribution in [1.82, 2.24) is 5.32 Å². The summed E-state index contributed by atoms with van der Waals surface area (Å²) in [6.07, 6.45) is -0.319. The van der Waals surface area contributed by atoms with Crippen LogP contribution in [0.2, 0.25) is 0 Å². The normalized spacial score (nSPS) is 25.3. The van der Waals surface area contributed by atoms with Gasteiger partial charge in [0.05, 0.1) is 7.11 Å². The Morgan fingerprint density at radius 2 is 1.85 bits per heavy atom. The third kappa shape index (κ3) is 3.85. The summed E-state index contributed by atoms with van der Waals surface area (Å²) in [6.45, 7) is 6.58. The molecule has 1 amide bonds. The molecule has 1 aromatic rings. The second-order valence-electron chi connectivity index (χ2n) is 7.30. The number of methoxy groups -OCH3 is 1. The molecule has 0 spiro atoms. The van der Waals surface area contributed by atoms with E-state index in [9.17, 15) is 18.0 Å². The Hall–Kier alpha value is -2.09. The van der Waals surface area contributed by atoms with Gasteiger partial charge in [-0.1, -0.05) is 19.1 Å². The molecule has 1 aromatic carbocycles. The third-order valence-electron chi connectivity index (χ3n) is 4.36. The number of hydrogen-bond donors (Lipinski definition) is 1. The van der Waals surface area contributed by atoms with Crippen molar-refractivity contribution >= 4 is 22.2 Å². The Kier molecular flexibility index (Phi) is 5.37. The van der Waals surface area contributed by atoms with Crippen molar-refractivity contribution in [2.45, 2.75) is 50.0 Å². The average molecular weight is 383 g/mol. The predicted octanol–water partition coefficient (Wildman–Crippen LogP) is 2.06. The SMILES string of the molecule is CCS(=O)(=O)[C@@H]1[C@@H](c2ccc(OC)cc2)[C@@]1(C=O)NC(=O)OC(C)(C)C. The van der Waals surface area contributed by atoms with Crippen molar-refractivity contribution in [2.75, 3.05) is 12.9 Å². The fourth-order valence-electron chi connectivity index (χ4n) is 3.12. The topological polar surface area (TPSA) is 98.8 Å². The summed E-state index contributed by atoms with van der Waals surface area (Å²) in [5.41, 5.74) is -1.67. The van der Waals surface area contributed by atoms with Gasteiger partial charge in [0, 0.05) is 11.7 Å². The summed E-state index contributed by atoms with van der Waals surface area (Å²) in [7, 11) is -2.06. The molecule has 1 saturated carbocycles. The lowest BCUT2D eigenvalue weighted by Gasteiger charge is -2.22. The molecule has 0 heterocycles. The molecule has 0 saturated heterocycles. The lowest BCUT2D eigenvalue weighted by Crippen LogP contribution is -2.45. The maximum absolute atomic E-state index is 12.5. The Morgan fingerprint density at radius 3 is 2.27 bits per heavy atom. The molecule has 3 atom stereocenters.